The van der Waals surface area contributed by atoms with Crippen LogP contribution in [0.5, 0.6) is 5.75 Å². The quantitative estimate of drug-likeness (QED) is 0.776. The third-order valence-electron chi connectivity index (χ3n) is 2.90. The second-order valence-corrected chi connectivity index (χ2v) is 4.15. The molecule has 0 atom stereocenters. The molecule has 1 aromatic carbocycles. The van der Waals surface area contributed by atoms with Crippen LogP contribution in [-0.2, 0) is 11.2 Å². The summed E-state index contributed by atoms with van der Waals surface area (Å²) in [6, 6.07) is 6.86. The van der Waals surface area contributed by atoms with Gasteiger partial charge in [-0.05, 0) is 6.07 Å². The van der Waals surface area contributed by atoms with Crippen LogP contribution in [0.4, 0.5) is 0 Å². The molecule has 0 spiro atoms. The van der Waals surface area contributed by atoms with Crippen molar-refractivity contribution in [3.8, 4) is 5.75 Å². The lowest BCUT2D eigenvalue weighted by atomic mass is 10.00. The van der Waals surface area contributed by atoms with Gasteiger partial charge >= 0.3 is 0 Å². The van der Waals surface area contributed by atoms with Crippen molar-refractivity contribution in [1.29, 1.82) is 0 Å². The average Bonchev–Trinajstić information content (AvgIpc) is 2.20. The Balaban J connectivity index is 1.91. The number of phenolic OH excluding ortho intramolecular Hbond substituents is 1. The molecule has 1 aromatic rings. The highest BCUT2D eigenvalue weighted by Gasteiger charge is 2.29. The van der Waals surface area contributed by atoms with Crippen LogP contribution in [0.2, 0.25) is 0 Å². The summed E-state index contributed by atoms with van der Waals surface area (Å²) in [5, 5.41) is 18.4. The van der Waals surface area contributed by atoms with Gasteiger partial charge in [0.15, 0.2) is 0 Å². The van der Waals surface area contributed by atoms with Crippen molar-refractivity contribution in [2.24, 2.45) is 5.92 Å². The number of aliphatic hydroxyl groups is 1. The molecular weight excluding hydrogens is 206 g/mol. The monoisotopic (exact) mass is 221 g/mol. The molecule has 0 bridgehead atoms. The molecule has 0 saturated carbocycles. The minimum atomic E-state index is 0.00574. The van der Waals surface area contributed by atoms with E-state index in [1.54, 1.807) is 29.2 Å². The Morgan fingerprint density at radius 1 is 1.38 bits per heavy atom. The lowest BCUT2D eigenvalue weighted by molar-refractivity contribution is -0.137. The highest BCUT2D eigenvalue weighted by molar-refractivity contribution is 5.80. The average molecular weight is 221 g/mol. The summed E-state index contributed by atoms with van der Waals surface area (Å²) in [5.41, 5.74) is 0.653. The Labute approximate surface area is 94.1 Å². The topological polar surface area (TPSA) is 60.8 Å². The first-order valence-electron chi connectivity index (χ1n) is 5.36. The third-order valence-corrected chi connectivity index (χ3v) is 2.90. The summed E-state index contributed by atoms with van der Waals surface area (Å²) in [6.45, 7) is 1.40. The van der Waals surface area contributed by atoms with Crippen LogP contribution in [-0.4, -0.2) is 40.7 Å². The number of benzene rings is 1. The molecule has 0 unspecified atom stereocenters. The van der Waals surface area contributed by atoms with Crippen molar-refractivity contribution >= 4 is 5.91 Å². The molecule has 2 rings (SSSR count). The molecule has 0 radical (unpaired) electrons. The molecule has 0 aliphatic carbocycles. The van der Waals surface area contributed by atoms with Gasteiger partial charge in [0.2, 0.25) is 5.91 Å². The number of phenols is 1. The number of hydrogen-bond donors (Lipinski definition) is 2. The van der Waals surface area contributed by atoms with Crippen molar-refractivity contribution in [2.45, 2.75) is 6.42 Å². The van der Waals surface area contributed by atoms with E-state index >= 15 is 0 Å². The van der Waals surface area contributed by atoms with E-state index < -0.39 is 0 Å². The molecule has 1 saturated heterocycles. The van der Waals surface area contributed by atoms with Gasteiger partial charge in [0.25, 0.3) is 0 Å². The van der Waals surface area contributed by atoms with Crippen LogP contribution in [0, 0.1) is 5.92 Å². The molecule has 2 N–H and O–H groups in total. The van der Waals surface area contributed by atoms with Crippen LogP contribution < -0.4 is 0 Å². The fraction of sp³-hybridized carbons (Fsp3) is 0.417. The first-order chi connectivity index (χ1) is 7.70. The molecule has 1 aliphatic heterocycles. The molecule has 4 nitrogen and oxygen atoms in total. The second kappa shape index (κ2) is 4.53. The van der Waals surface area contributed by atoms with Crippen molar-refractivity contribution in [3.63, 3.8) is 0 Å². The Kier molecular flexibility index (Phi) is 3.10. The maximum Gasteiger partial charge on any atom is 0.227 e. The molecule has 16 heavy (non-hydrogen) atoms. The highest BCUT2D eigenvalue weighted by atomic mass is 16.3. The van der Waals surface area contributed by atoms with Gasteiger partial charge in [0, 0.05) is 31.2 Å². The summed E-state index contributed by atoms with van der Waals surface area (Å²) < 4.78 is 0. The maximum atomic E-state index is 11.7. The number of amides is 1. The highest BCUT2D eigenvalue weighted by Crippen LogP contribution is 2.20. The number of hydrogen-bond acceptors (Lipinski definition) is 3. The number of rotatable bonds is 3. The lowest BCUT2D eigenvalue weighted by Crippen LogP contribution is -2.51. The molecule has 1 amide bonds. The van der Waals surface area contributed by atoms with Gasteiger partial charge in [0.1, 0.15) is 5.75 Å². The maximum absolute atomic E-state index is 11.7. The van der Waals surface area contributed by atoms with Crippen molar-refractivity contribution in [1.82, 2.24) is 4.90 Å². The summed E-state index contributed by atoms with van der Waals surface area (Å²) in [5.74, 6) is 0.398. The van der Waals surface area contributed by atoms with E-state index in [1.807, 2.05) is 0 Å². The van der Waals surface area contributed by atoms with Crippen LogP contribution in [0.15, 0.2) is 24.3 Å². The van der Waals surface area contributed by atoms with Crippen molar-refractivity contribution in [2.75, 3.05) is 19.7 Å². The van der Waals surface area contributed by atoms with Crippen LogP contribution in [0.25, 0.3) is 0 Å². The van der Waals surface area contributed by atoms with Crippen molar-refractivity contribution in [3.05, 3.63) is 29.8 Å². The number of aromatic hydroxyl groups is 1. The van der Waals surface area contributed by atoms with Crippen LogP contribution >= 0.6 is 0 Å². The molecule has 86 valence electrons. The predicted molar refractivity (Wildman–Crippen MR) is 59.0 cm³/mol. The zero-order valence-electron chi connectivity index (χ0n) is 8.97. The Morgan fingerprint density at radius 3 is 2.69 bits per heavy atom. The van der Waals surface area contributed by atoms with Gasteiger partial charge in [0.05, 0.1) is 6.42 Å². The van der Waals surface area contributed by atoms with E-state index in [0.717, 1.165) is 0 Å². The molecule has 4 heteroatoms. The van der Waals surface area contributed by atoms with E-state index in [-0.39, 0.29) is 30.6 Å². The molecule has 1 heterocycles. The van der Waals surface area contributed by atoms with Gasteiger partial charge in [-0.25, -0.2) is 0 Å². The predicted octanol–water partition coefficient (Wildman–Crippen LogP) is 0.385. The zero-order valence-corrected chi connectivity index (χ0v) is 8.97. The number of nitrogens with zero attached hydrogens (tertiary/aromatic N) is 1. The number of aliphatic hydroxyl groups excluding tert-OH is 1. The van der Waals surface area contributed by atoms with E-state index in [2.05, 4.69) is 0 Å². The second-order valence-electron chi connectivity index (χ2n) is 4.15. The van der Waals surface area contributed by atoms with Gasteiger partial charge in [-0.15, -0.1) is 0 Å². The molecular formula is C12H15NO3. The first kappa shape index (κ1) is 11.0. The molecule has 0 aromatic heterocycles. The Morgan fingerprint density at radius 2 is 2.06 bits per heavy atom. The zero-order chi connectivity index (χ0) is 11.5. The standard InChI is InChI=1S/C12H15NO3/c14-8-9-6-13(7-9)12(16)5-10-3-1-2-4-11(10)15/h1-4,9,14-15H,5-8H2. The van der Waals surface area contributed by atoms with Gasteiger partial charge < -0.3 is 15.1 Å². The number of para-hydroxylation sites is 1. The Hall–Kier alpha value is -1.55. The van der Waals surface area contributed by atoms with E-state index in [9.17, 15) is 9.90 Å². The summed E-state index contributed by atoms with van der Waals surface area (Å²) in [7, 11) is 0. The SMILES string of the molecule is O=C(Cc1ccccc1O)N1CC(CO)C1. The minimum Gasteiger partial charge on any atom is -0.508 e. The fourth-order valence-corrected chi connectivity index (χ4v) is 1.82. The normalized spacial score (nSPS) is 15.9. The summed E-state index contributed by atoms with van der Waals surface area (Å²) in [4.78, 5) is 13.4. The molecule has 1 fully saturated rings. The smallest absolute Gasteiger partial charge is 0.227 e. The summed E-state index contributed by atoms with van der Waals surface area (Å²) in [6.07, 6.45) is 0.227. The van der Waals surface area contributed by atoms with E-state index in [1.165, 1.54) is 0 Å². The largest absolute Gasteiger partial charge is 0.508 e. The van der Waals surface area contributed by atoms with Gasteiger partial charge in [-0.2, -0.15) is 0 Å². The summed E-state index contributed by atoms with van der Waals surface area (Å²) >= 11 is 0. The fourth-order valence-electron chi connectivity index (χ4n) is 1.82. The number of carbonyl (C=O) groups excluding carboxylic acids is 1. The first-order valence-corrected chi connectivity index (χ1v) is 5.36. The minimum absolute atomic E-state index is 0.00574. The Bertz CT molecular complexity index is 386. The van der Waals surface area contributed by atoms with Crippen molar-refractivity contribution < 1.29 is 15.0 Å². The van der Waals surface area contributed by atoms with Crippen LogP contribution in [0.1, 0.15) is 5.56 Å². The number of likely N-dealkylation sites (tertiary alicyclic amines) is 1. The van der Waals surface area contributed by atoms with Gasteiger partial charge in [-0.3, -0.25) is 4.79 Å². The van der Waals surface area contributed by atoms with E-state index in [4.69, 9.17) is 5.11 Å². The third kappa shape index (κ3) is 2.17. The molecule has 1 aliphatic rings. The number of carbonyl (C=O) groups is 1. The van der Waals surface area contributed by atoms with Gasteiger partial charge in [-0.1, -0.05) is 18.2 Å². The van der Waals surface area contributed by atoms with Crippen LogP contribution in [0.3, 0.4) is 0 Å². The lowest BCUT2D eigenvalue weighted by Gasteiger charge is -2.38. The van der Waals surface area contributed by atoms with E-state index in [0.29, 0.717) is 18.7 Å².